The average molecular weight is 416 g/mol. The van der Waals surface area contributed by atoms with Crippen LogP contribution < -0.4 is 38.9 Å². The lowest BCUT2D eigenvalue weighted by Crippen LogP contribution is -2.52. The first kappa shape index (κ1) is 25.6. The number of guanidine groups is 1. The number of hydrogen-bond donors (Lipinski definition) is 8. The molecule has 0 aliphatic rings. The number of nitrogens with two attached hydrogens (primary N) is 4. The molecular formula is C15H28N8O6. The minimum Gasteiger partial charge on any atom is -0.480 e. The van der Waals surface area contributed by atoms with Crippen molar-refractivity contribution in [2.75, 3.05) is 13.1 Å². The van der Waals surface area contributed by atoms with Crippen molar-refractivity contribution < 1.29 is 29.1 Å². The van der Waals surface area contributed by atoms with Gasteiger partial charge in [-0.1, -0.05) is 0 Å². The van der Waals surface area contributed by atoms with Gasteiger partial charge in [-0.15, -0.1) is 0 Å². The quantitative estimate of drug-likeness (QED) is 0.0814. The van der Waals surface area contributed by atoms with Crippen LogP contribution in [0.3, 0.4) is 0 Å². The van der Waals surface area contributed by atoms with Gasteiger partial charge in [0.1, 0.15) is 12.1 Å². The Labute approximate surface area is 166 Å². The molecule has 14 nitrogen and oxygen atoms in total. The zero-order valence-electron chi connectivity index (χ0n) is 16.0. The van der Waals surface area contributed by atoms with E-state index in [1.54, 1.807) is 0 Å². The van der Waals surface area contributed by atoms with Crippen LogP contribution in [0.5, 0.6) is 0 Å². The molecule has 0 spiro atoms. The largest absolute Gasteiger partial charge is 0.480 e. The summed E-state index contributed by atoms with van der Waals surface area (Å²) in [6.45, 7) is 1.04. The molecule has 0 radical (unpaired) electrons. The standard InChI is InChI=1S/C15H28N8O6/c1-7(22-11(25)6-21-13(27)8(16)5-10(17)24)12(26)23-9(14(28)29)3-2-4-20-15(18)19/h7-9H,2-6,16H2,1H3,(H2,17,24)(H,21,27)(H,22,25)(H,23,26)(H,28,29)(H4,18,19,20). The Morgan fingerprint density at radius 3 is 2.17 bits per heavy atom. The van der Waals surface area contributed by atoms with E-state index in [9.17, 15) is 29.1 Å². The van der Waals surface area contributed by atoms with Crippen LogP contribution in [0.1, 0.15) is 26.2 Å². The number of carbonyl (C=O) groups is 5. The Morgan fingerprint density at radius 2 is 1.66 bits per heavy atom. The molecule has 3 unspecified atom stereocenters. The van der Waals surface area contributed by atoms with E-state index in [-0.39, 0.29) is 25.3 Å². The number of aliphatic imine (C=N–C) groups is 1. The van der Waals surface area contributed by atoms with Crippen molar-refractivity contribution >= 4 is 35.6 Å². The molecule has 0 heterocycles. The Hall–Kier alpha value is -3.42. The predicted molar refractivity (Wildman–Crippen MR) is 102 cm³/mol. The Balaban J connectivity index is 4.45. The fourth-order valence-electron chi connectivity index (χ4n) is 2.02. The topological polar surface area (TPSA) is 258 Å². The number of rotatable bonds is 13. The number of amides is 4. The van der Waals surface area contributed by atoms with Crippen LogP contribution in [-0.4, -0.2) is 71.9 Å². The highest BCUT2D eigenvalue weighted by atomic mass is 16.4. The zero-order chi connectivity index (χ0) is 22.6. The van der Waals surface area contributed by atoms with E-state index in [1.165, 1.54) is 6.92 Å². The third kappa shape index (κ3) is 11.8. The van der Waals surface area contributed by atoms with E-state index >= 15 is 0 Å². The molecule has 0 bridgehead atoms. The summed E-state index contributed by atoms with van der Waals surface area (Å²) in [5.41, 5.74) is 20.7. The first-order chi connectivity index (χ1) is 13.4. The summed E-state index contributed by atoms with van der Waals surface area (Å²) in [5, 5.41) is 16.0. The molecular weight excluding hydrogens is 388 g/mol. The molecule has 4 amide bonds. The van der Waals surface area contributed by atoms with Crippen LogP contribution in [0.25, 0.3) is 0 Å². The Bertz CT molecular complexity index is 649. The molecule has 0 rings (SSSR count). The molecule has 12 N–H and O–H groups in total. The summed E-state index contributed by atoms with van der Waals surface area (Å²) >= 11 is 0. The minimum absolute atomic E-state index is 0.0757. The van der Waals surface area contributed by atoms with Crippen molar-refractivity contribution in [2.24, 2.45) is 27.9 Å². The van der Waals surface area contributed by atoms with Gasteiger partial charge in [-0.25, -0.2) is 4.79 Å². The van der Waals surface area contributed by atoms with Gasteiger partial charge in [-0.2, -0.15) is 0 Å². The average Bonchev–Trinajstić information content (AvgIpc) is 2.60. The number of aliphatic carboxylic acids is 1. The first-order valence-electron chi connectivity index (χ1n) is 8.63. The number of carbonyl (C=O) groups excluding carboxylic acids is 4. The molecule has 0 saturated heterocycles. The predicted octanol–water partition coefficient (Wildman–Crippen LogP) is -4.57. The lowest BCUT2D eigenvalue weighted by Gasteiger charge is -2.19. The van der Waals surface area contributed by atoms with Gasteiger partial charge in [0.05, 0.1) is 19.0 Å². The maximum absolute atomic E-state index is 12.1. The van der Waals surface area contributed by atoms with Crippen molar-refractivity contribution in [2.45, 2.75) is 44.3 Å². The molecule has 0 aromatic rings. The number of primary amides is 1. The van der Waals surface area contributed by atoms with Gasteiger partial charge in [0.25, 0.3) is 0 Å². The molecule has 0 aliphatic heterocycles. The van der Waals surface area contributed by atoms with E-state index in [4.69, 9.17) is 22.9 Å². The molecule has 14 heteroatoms. The smallest absolute Gasteiger partial charge is 0.326 e. The number of nitrogens with zero attached hydrogens (tertiary/aromatic N) is 1. The molecule has 0 aromatic carbocycles. The Kier molecular flexibility index (Phi) is 11.4. The molecule has 0 fully saturated rings. The molecule has 0 saturated carbocycles. The molecule has 164 valence electrons. The minimum atomic E-state index is -1.25. The second-order valence-electron chi connectivity index (χ2n) is 6.13. The summed E-state index contributed by atoms with van der Waals surface area (Å²) in [5.74, 6) is -4.36. The third-order valence-electron chi connectivity index (χ3n) is 3.51. The lowest BCUT2D eigenvalue weighted by molar-refractivity contribution is -0.142. The van der Waals surface area contributed by atoms with E-state index in [0.29, 0.717) is 6.42 Å². The van der Waals surface area contributed by atoms with E-state index in [2.05, 4.69) is 20.9 Å². The highest BCUT2D eigenvalue weighted by molar-refractivity contribution is 5.93. The van der Waals surface area contributed by atoms with Crippen LogP contribution in [0.15, 0.2) is 4.99 Å². The van der Waals surface area contributed by atoms with Crippen molar-refractivity contribution in [1.82, 2.24) is 16.0 Å². The van der Waals surface area contributed by atoms with Crippen LogP contribution in [0, 0.1) is 0 Å². The van der Waals surface area contributed by atoms with E-state index in [0.717, 1.165) is 0 Å². The van der Waals surface area contributed by atoms with Crippen LogP contribution >= 0.6 is 0 Å². The van der Waals surface area contributed by atoms with E-state index < -0.39 is 54.3 Å². The number of carboxylic acid groups (broad SMARTS) is 1. The highest BCUT2D eigenvalue weighted by Crippen LogP contribution is 1.99. The van der Waals surface area contributed by atoms with Crippen LogP contribution in [0.4, 0.5) is 0 Å². The molecule has 29 heavy (non-hydrogen) atoms. The summed E-state index contributed by atoms with van der Waals surface area (Å²) < 4.78 is 0. The lowest BCUT2D eigenvalue weighted by atomic mass is 10.1. The van der Waals surface area contributed by atoms with Gasteiger partial charge in [-0.3, -0.25) is 24.2 Å². The van der Waals surface area contributed by atoms with Gasteiger partial charge in [0, 0.05) is 6.54 Å². The summed E-state index contributed by atoms with van der Waals surface area (Å²) in [6, 6.07) is -3.46. The summed E-state index contributed by atoms with van der Waals surface area (Å²) in [4.78, 5) is 61.2. The van der Waals surface area contributed by atoms with Crippen molar-refractivity contribution in [1.29, 1.82) is 0 Å². The summed E-state index contributed by atoms with van der Waals surface area (Å²) in [7, 11) is 0. The normalized spacial score (nSPS) is 13.3. The maximum atomic E-state index is 12.1. The fourth-order valence-corrected chi connectivity index (χ4v) is 2.02. The van der Waals surface area contributed by atoms with Gasteiger partial charge >= 0.3 is 5.97 Å². The van der Waals surface area contributed by atoms with Gasteiger partial charge in [-0.05, 0) is 19.8 Å². The second-order valence-corrected chi connectivity index (χ2v) is 6.13. The summed E-state index contributed by atoms with van der Waals surface area (Å²) in [6.07, 6.45) is 0.00578. The number of hydrogen-bond acceptors (Lipinski definition) is 7. The van der Waals surface area contributed by atoms with Crippen LogP contribution in [0.2, 0.25) is 0 Å². The second kappa shape index (κ2) is 12.9. The monoisotopic (exact) mass is 416 g/mol. The molecule has 0 aromatic heterocycles. The third-order valence-corrected chi connectivity index (χ3v) is 3.51. The van der Waals surface area contributed by atoms with Gasteiger partial charge in [0.15, 0.2) is 5.96 Å². The fraction of sp³-hybridized carbons (Fsp3) is 0.600. The Morgan fingerprint density at radius 1 is 1.03 bits per heavy atom. The number of carboxylic acids is 1. The maximum Gasteiger partial charge on any atom is 0.326 e. The van der Waals surface area contributed by atoms with Crippen LogP contribution in [-0.2, 0) is 24.0 Å². The van der Waals surface area contributed by atoms with Crippen molar-refractivity contribution in [3.05, 3.63) is 0 Å². The van der Waals surface area contributed by atoms with Gasteiger partial charge in [0.2, 0.25) is 23.6 Å². The van der Waals surface area contributed by atoms with E-state index in [1.807, 2.05) is 0 Å². The first-order valence-corrected chi connectivity index (χ1v) is 8.63. The van der Waals surface area contributed by atoms with Crippen molar-refractivity contribution in [3.8, 4) is 0 Å². The van der Waals surface area contributed by atoms with Gasteiger partial charge < -0.3 is 44.0 Å². The SMILES string of the molecule is CC(NC(=O)CNC(=O)C(N)CC(N)=O)C(=O)NC(CCCN=C(N)N)C(=O)O. The number of nitrogens with one attached hydrogen (secondary N) is 3. The zero-order valence-corrected chi connectivity index (χ0v) is 16.0. The van der Waals surface area contributed by atoms with Crippen molar-refractivity contribution in [3.63, 3.8) is 0 Å². The highest BCUT2D eigenvalue weighted by Gasteiger charge is 2.24. The molecule has 0 aliphatic carbocycles. The molecule has 3 atom stereocenters.